The number of amides is 1. The smallest absolute Gasteiger partial charge is 0.255 e. The minimum atomic E-state index is -0.325. The van der Waals surface area contributed by atoms with E-state index in [9.17, 15) is 4.79 Å². The van der Waals surface area contributed by atoms with Gasteiger partial charge in [0.1, 0.15) is 4.87 Å². The van der Waals surface area contributed by atoms with Crippen molar-refractivity contribution in [2.75, 3.05) is 0 Å². The first kappa shape index (κ1) is 20.7. The molecule has 0 saturated carbocycles. The van der Waals surface area contributed by atoms with E-state index in [0.717, 1.165) is 24.2 Å². The molecule has 1 aliphatic rings. The lowest BCUT2D eigenvalue weighted by Gasteiger charge is -2.39. The Morgan fingerprint density at radius 1 is 0.800 bits per heavy atom. The van der Waals surface area contributed by atoms with Gasteiger partial charge in [-0.3, -0.25) is 4.79 Å². The van der Waals surface area contributed by atoms with Gasteiger partial charge in [-0.2, -0.15) is 0 Å². The summed E-state index contributed by atoms with van der Waals surface area (Å²) in [7, 11) is 0. The summed E-state index contributed by atoms with van der Waals surface area (Å²) in [5.74, 6) is 1.05. The third-order valence-corrected chi connectivity index (χ3v) is 7.48. The van der Waals surface area contributed by atoms with Crippen LogP contribution >= 0.6 is 11.8 Å². The molecule has 0 spiro atoms. The molecule has 0 radical (unpaired) electrons. The van der Waals surface area contributed by atoms with Gasteiger partial charge in [-0.25, -0.2) is 0 Å². The van der Waals surface area contributed by atoms with Crippen LogP contribution in [-0.2, 0) is 17.2 Å². The molecule has 3 aromatic carbocycles. The molecule has 0 saturated heterocycles. The van der Waals surface area contributed by atoms with Crippen LogP contribution in [0, 0.1) is 0 Å². The van der Waals surface area contributed by atoms with E-state index in [2.05, 4.69) is 78.6 Å². The summed E-state index contributed by atoms with van der Waals surface area (Å²) in [6, 6.07) is 29.2. The molecule has 0 aliphatic carbocycles. The van der Waals surface area contributed by atoms with Gasteiger partial charge in [0.2, 0.25) is 0 Å². The fraction of sp³-hybridized carbons (Fsp3) is 0.296. The molecule has 0 N–H and O–H groups in total. The predicted molar refractivity (Wildman–Crippen MR) is 126 cm³/mol. The van der Waals surface area contributed by atoms with Crippen molar-refractivity contribution >= 4 is 17.7 Å². The molecule has 1 amide bonds. The molecule has 1 unspecified atom stereocenters. The Kier molecular flexibility index (Phi) is 6.59. The Bertz CT molecular complexity index is 972. The first-order valence-electron chi connectivity index (χ1n) is 10.9. The number of rotatable bonds is 9. The lowest BCUT2D eigenvalue weighted by molar-refractivity contribution is 0.0658. The van der Waals surface area contributed by atoms with E-state index in [1.165, 1.54) is 29.5 Å². The van der Waals surface area contributed by atoms with Crippen LogP contribution in [-0.4, -0.2) is 10.8 Å². The van der Waals surface area contributed by atoms with Crippen molar-refractivity contribution in [3.05, 3.63) is 107 Å². The minimum Gasteiger partial charge on any atom is -0.315 e. The summed E-state index contributed by atoms with van der Waals surface area (Å²) in [5, 5.41) is 0. The zero-order chi connectivity index (χ0) is 20.8. The summed E-state index contributed by atoms with van der Waals surface area (Å²) in [4.78, 5) is 15.4. The van der Waals surface area contributed by atoms with Gasteiger partial charge in [-0.15, -0.1) is 11.8 Å². The standard InChI is InChI=1S/C27H29NOS/c1-2-3-12-19-27(30-21-23-15-8-5-9-16-23)25-18-11-10-17-24(25)26(29)28(27)20-22-13-6-4-7-14-22/h4-11,13-18H,2-3,12,19-21H2,1H3. The predicted octanol–water partition coefficient (Wildman–Crippen LogP) is 7.01. The van der Waals surface area contributed by atoms with E-state index < -0.39 is 0 Å². The van der Waals surface area contributed by atoms with Gasteiger partial charge in [-0.05, 0) is 30.0 Å². The zero-order valence-electron chi connectivity index (χ0n) is 17.6. The molecule has 154 valence electrons. The molecule has 1 aliphatic heterocycles. The molecule has 0 fully saturated rings. The number of carbonyl (C=O) groups is 1. The van der Waals surface area contributed by atoms with Crippen LogP contribution in [0.15, 0.2) is 84.9 Å². The highest BCUT2D eigenvalue weighted by molar-refractivity contribution is 7.99. The first-order valence-corrected chi connectivity index (χ1v) is 11.9. The van der Waals surface area contributed by atoms with Crippen LogP contribution in [0.4, 0.5) is 0 Å². The van der Waals surface area contributed by atoms with Crippen LogP contribution in [0.3, 0.4) is 0 Å². The van der Waals surface area contributed by atoms with E-state index in [1.807, 2.05) is 30.0 Å². The van der Waals surface area contributed by atoms with Crippen LogP contribution in [0.2, 0.25) is 0 Å². The van der Waals surface area contributed by atoms with Crippen molar-refractivity contribution < 1.29 is 4.79 Å². The summed E-state index contributed by atoms with van der Waals surface area (Å²) in [6.45, 7) is 2.88. The summed E-state index contributed by atoms with van der Waals surface area (Å²) < 4.78 is 0. The Balaban J connectivity index is 1.73. The van der Waals surface area contributed by atoms with Crippen LogP contribution in [0.25, 0.3) is 0 Å². The third kappa shape index (κ3) is 4.17. The second-order valence-electron chi connectivity index (χ2n) is 7.94. The maximum absolute atomic E-state index is 13.6. The molecular formula is C27H29NOS. The number of benzene rings is 3. The number of carbonyl (C=O) groups excluding carboxylic acids is 1. The van der Waals surface area contributed by atoms with Crippen molar-refractivity contribution in [2.45, 2.75) is 49.8 Å². The largest absolute Gasteiger partial charge is 0.315 e. The molecule has 0 aromatic heterocycles. The average Bonchev–Trinajstić information content (AvgIpc) is 3.03. The van der Waals surface area contributed by atoms with E-state index in [0.29, 0.717) is 6.54 Å². The Morgan fingerprint density at radius 3 is 2.13 bits per heavy atom. The Hall–Kier alpha value is -2.52. The van der Waals surface area contributed by atoms with Gasteiger partial charge in [-0.1, -0.05) is 98.6 Å². The van der Waals surface area contributed by atoms with Crippen molar-refractivity contribution in [3.63, 3.8) is 0 Å². The number of nitrogens with zero attached hydrogens (tertiary/aromatic N) is 1. The van der Waals surface area contributed by atoms with E-state index in [1.54, 1.807) is 0 Å². The normalized spacial score (nSPS) is 17.9. The van der Waals surface area contributed by atoms with Crippen molar-refractivity contribution in [2.24, 2.45) is 0 Å². The van der Waals surface area contributed by atoms with Gasteiger partial charge in [0.05, 0.1) is 0 Å². The molecule has 1 heterocycles. The maximum atomic E-state index is 13.6. The summed E-state index contributed by atoms with van der Waals surface area (Å²) in [6.07, 6.45) is 4.45. The minimum absolute atomic E-state index is 0.159. The van der Waals surface area contributed by atoms with Crippen LogP contribution < -0.4 is 0 Å². The second kappa shape index (κ2) is 9.53. The monoisotopic (exact) mass is 415 g/mol. The fourth-order valence-corrected chi connectivity index (χ4v) is 5.84. The van der Waals surface area contributed by atoms with E-state index in [4.69, 9.17) is 0 Å². The zero-order valence-corrected chi connectivity index (χ0v) is 18.4. The molecule has 0 bridgehead atoms. The number of thioether (sulfide) groups is 1. The lowest BCUT2D eigenvalue weighted by Crippen LogP contribution is -2.41. The Labute approximate surface area is 184 Å². The van der Waals surface area contributed by atoms with E-state index in [-0.39, 0.29) is 10.8 Å². The third-order valence-electron chi connectivity index (χ3n) is 5.88. The topological polar surface area (TPSA) is 20.3 Å². The van der Waals surface area contributed by atoms with Gasteiger partial charge >= 0.3 is 0 Å². The quantitative estimate of drug-likeness (QED) is 0.350. The van der Waals surface area contributed by atoms with Crippen molar-refractivity contribution in [3.8, 4) is 0 Å². The number of hydrogen-bond donors (Lipinski definition) is 0. The molecule has 3 aromatic rings. The SMILES string of the molecule is CCCCCC1(SCc2ccccc2)c2ccccc2C(=O)N1Cc1ccccc1. The van der Waals surface area contributed by atoms with Gasteiger partial charge in [0.15, 0.2) is 0 Å². The molecule has 3 heteroatoms. The van der Waals surface area contributed by atoms with Gasteiger partial charge < -0.3 is 4.90 Å². The summed E-state index contributed by atoms with van der Waals surface area (Å²) in [5.41, 5.74) is 4.53. The van der Waals surface area contributed by atoms with Gasteiger partial charge in [0.25, 0.3) is 5.91 Å². The van der Waals surface area contributed by atoms with Crippen LogP contribution in [0.1, 0.15) is 59.7 Å². The van der Waals surface area contributed by atoms with E-state index >= 15 is 0 Å². The fourth-order valence-electron chi connectivity index (χ4n) is 4.32. The number of hydrogen-bond acceptors (Lipinski definition) is 2. The molecular weight excluding hydrogens is 386 g/mol. The number of fused-ring (bicyclic) bond motifs is 1. The van der Waals surface area contributed by atoms with Crippen molar-refractivity contribution in [1.29, 1.82) is 0 Å². The molecule has 2 nitrogen and oxygen atoms in total. The van der Waals surface area contributed by atoms with Gasteiger partial charge in [0, 0.05) is 23.4 Å². The second-order valence-corrected chi connectivity index (χ2v) is 9.19. The average molecular weight is 416 g/mol. The highest BCUT2D eigenvalue weighted by Crippen LogP contribution is 2.52. The maximum Gasteiger partial charge on any atom is 0.255 e. The number of unbranched alkanes of at least 4 members (excludes halogenated alkanes) is 2. The molecule has 4 rings (SSSR count). The molecule has 30 heavy (non-hydrogen) atoms. The van der Waals surface area contributed by atoms with Crippen molar-refractivity contribution in [1.82, 2.24) is 4.90 Å². The highest BCUT2D eigenvalue weighted by Gasteiger charge is 2.49. The lowest BCUT2D eigenvalue weighted by atomic mass is 9.98. The highest BCUT2D eigenvalue weighted by atomic mass is 32.2. The summed E-state index contributed by atoms with van der Waals surface area (Å²) >= 11 is 1.91. The Morgan fingerprint density at radius 2 is 1.43 bits per heavy atom. The van der Waals surface area contributed by atoms with Crippen LogP contribution in [0.5, 0.6) is 0 Å². The molecule has 1 atom stereocenters. The first-order chi connectivity index (χ1) is 14.7.